The second-order valence-corrected chi connectivity index (χ2v) is 4.58. The number of hydrogen-bond acceptors (Lipinski definition) is 0. The summed E-state index contributed by atoms with van der Waals surface area (Å²) in [5.74, 6) is 0.716. The van der Waals surface area contributed by atoms with Gasteiger partial charge in [-0.2, -0.15) is 0 Å². The molecule has 0 unspecified atom stereocenters. The number of rotatable bonds is 3. The van der Waals surface area contributed by atoms with Gasteiger partial charge >= 0.3 is 0 Å². The van der Waals surface area contributed by atoms with Gasteiger partial charge in [-0.05, 0) is 30.5 Å². The Labute approximate surface area is 94.6 Å². The topological polar surface area (TPSA) is 0 Å². The lowest BCUT2D eigenvalue weighted by molar-refractivity contribution is 0.919. The third-order valence-electron chi connectivity index (χ3n) is 1.62. The average molecular weight is 312 g/mol. The Morgan fingerprint density at radius 1 is 1.17 bits per heavy atom. The van der Waals surface area contributed by atoms with Crippen molar-refractivity contribution in [2.75, 3.05) is 5.88 Å². The number of halogens is 3. The molecule has 0 heterocycles. The predicted molar refractivity (Wildman–Crippen MR) is 60.9 cm³/mol. The van der Waals surface area contributed by atoms with E-state index in [-0.39, 0.29) is 0 Å². The standard InChI is InChI=1S/C9H9Br2Cl/c10-8-4-1-5-9(11)7(8)3-2-6-12/h1,4-5H,2-3,6H2. The van der Waals surface area contributed by atoms with Gasteiger partial charge in [0.05, 0.1) is 0 Å². The zero-order valence-electron chi connectivity index (χ0n) is 6.49. The Morgan fingerprint density at radius 3 is 2.25 bits per heavy atom. The third-order valence-corrected chi connectivity index (χ3v) is 3.38. The Bertz CT molecular complexity index is 240. The summed E-state index contributed by atoms with van der Waals surface area (Å²) >= 11 is 12.6. The van der Waals surface area contributed by atoms with Crippen molar-refractivity contribution in [2.45, 2.75) is 12.8 Å². The summed E-state index contributed by atoms with van der Waals surface area (Å²) in [4.78, 5) is 0. The monoisotopic (exact) mass is 310 g/mol. The minimum absolute atomic E-state index is 0.716. The number of benzene rings is 1. The maximum Gasteiger partial charge on any atom is 0.0226 e. The van der Waals surface area contributed by atoms with Crippen molar-refractivity contribution in [3.05, 3.63) is 32.7 Å². The molecule has 0 aromatic heterocycles. The first kappa shape index (κ1) is 10.6. The van der Waals surface area contributed by atoms with E-state index in [0.29, 0.717) is 5.88 Å². The van der Waals surface area contributed by atoms with Crippen molar-refractivity contribution in [3.8, 4) is 0 Å². The van der Waals surface area contributed by atoms with Gasteiger partial charge in [0, 0.05) is 14.8 Å². The summed E-state index contributed by atoms with van der Waals surface area (Å²) in [6, 6.07) is 6.11. The van der Waals surface area contributed by atoms with Gasteiger partial charge in [-0.15, -0.1) is 11.6 Å². The fourth-order valence-corrected chi connectivity index (χ4v) is 2.54. The van der Waals surface area contributed by atoms with Gasteiger partial charge in [-0.3, -0.25) is 0 Å². The fourth-order valence-electron chi connectivity index (χ4n) is 1.01. The summed E-state index contributed by atoms with van der Waals surface area (Å²) in [5, 5.41) is 0. The molecule has 0 nitrogen and oxygen atoms in total. The molecule has 0 amide bonds. The quantitative estimate of drug-likeness (QED) is 0.727. The third kappa shape index (κ3) is 2.75. The molecule has 0 bridgehead atoms. The molecular formula is C9H9Br2Cl. The number of alkyl halides is 1. The van der Waals surface area contributed by atoms with Gasteiger partial charge in [0.2, 0.25) is 0 Å². The SMILES string of the molecule is ClCCCc1c(Br)cccc1Br. The first-order valence-corrected chi connectivity index (χ1v) is 5.86. The smallest absolute Gasteiger partial charge is 0.0226 e. The molecule has 0 saturated heterocycles. The Kier molecular flexibility index (Phi) is 4.62. The van der Waals surface area contributed by atoms with Crippen LogP contribution in [0.25, 0.3) is 0 Å². The fraction of sp³-hybridized carbons (Fsp3) is 0.333. The Morgan fingerprint density at radius 2 is 1.75 bits per heavy atom. The molecule has 0 saturated carbocycles. The molecule has 0 aliphatic carbocycles. The minimum Gasteiger partial charge on any atom is -0.127 e. The van der Waals surface area contributed by atoms with E-state index in [1.165, 1.54) is 5.56 Å². The van der Waals surface area contributed by atoms with Crippen LogP contribution in [0.3, 0.4) is 0 Å². The molecule has 0 radical (unpaired) electrons. The highest BCUT2D eigenvalue weighted by atomic mass is 79.9. The van der Waals surface area contributed by atoms with Gasteiger partial charge in [0.15, 0.2) is 0 Å². The van der Waals surface area contributed by atoms with Gasteiger partial charge in [-0.1, -0.05) is 37.9 Å². The predicted octanol–water partition coefficient (Wildman–Crippen LogP) is 4.38. The van der Waals surface area contributed by atoms with Crippen molar-refractivity contribution in [3.63, 3.8) is 0 Å². The van der Waals surface area contributed by atoms with Crippen LogP contribution < -0.4 is 0 Å². The molecule has 0 spiro atoms. The van der Waals surface area contributed by atoms with E-state index in [9.17, 15) is 0 Å². The normalized spacial score (nSPS) is 10.2. The van der Waals surface area contributed by atoms with Crippen molar-refractivity contribution in [2.24, 2.45) is 0 Å². The van der Waals surface area contributed by atoms with Crippen molar-refractivity contribution in [1.82, 2.24) is 0 Å². The molecular weight excluding hydrogens is 303 g/mol. The molecule has 0 atom stereocenters. The highest BCUT2D eigenvalue weighted by Gasteiger charge is 2.02. The first-order chi connectivity index (χ1) is 5.75. The summed E-state index contributed by atoms with van der Waals surface area (Å²) in [6.45, 7) is 0. The van der Waals surface area contributed by atoms with Gasteiger partial charge in [0.25, 0.3) is 0 Å². The first-order valence-electron chi connectivity index (χ1n) is 3.74. The van der Waals surface area contributed by atoms with Crippen LogP contribution in [0.5, 0.6) is 0 Å². The highest BCUT2D eigenvalue weighted by molar-refractivity contribution is 9.11. The summed E-state index contributed by atoms with van der Waals surface area (Å²) < 4.78 is 2.31. The van der Waals surface area contributed by atoms with E-state index in [0.717, 1.165) is 21.8 Å². The molecule has 1 aromatic carbocycles. The molecule has 3 heteroatoms. The lowest BCUT2D eigenvalue weighted by Crippen LogP contribution is -1.89. The van der Waals surface area contributed by atoms with Crippen LogP contribution in [0.2, 0.25) is 0 Å². The second kappa shape index (κ2) is 5.25. The van der Waals surface area contributed by atoms with E-state index >= 15 is 0 Å². The van der Waals surface area contributed by atoms with Crippen LogP contribution in [0.4, 0.5) is 0 Å². The Balaban J connectivity index is 2.81. The van der Waals surface area contributed by atoms with Crippen molar-refractivity contribution >= 4 is 43.5 Å². The van der Waals surface area contributed by atoms with Gasteiger partial charge in [0.1, 0.15) is 0 Å². The van der Waals surface area contributed by atoms with E-state index in [2.05, 4.69) is 31.9 Å². The van der Waals surface area contributed by atoms with Crippen LogP contribution in [0.15, 0.2) is 27.1 Å². The molecule has 12 heavy (non-hydrogen) atoms. The lowest BCUT2D eigenvalue weighted by atomic mass is 10.1. The van der Waals surface area contributed by atoms with E-state index in [4.69, 9.17) is 11.6 Å². The molecule has 0 fully saturated rings. The number of hydrogen-bond donors (Lipinski definition) is 0. The van der Waals surface area contributed by atoms with Crippen LogP contribution >= 0.6 is 43.5 Å². The van der Waals surface area contributed by atoms with Crippen molar-refractivity contribution < 1.29 is 0 Å². The molecule has 66 valence electrons. The van der Waals surface area contributed by atoms with E-state index in [1.807, 2.05) is 18.2 Å². The molecule has 0 N–H and O–H groups in total. The molecule has 0 aliphatic rings. The van der Waals surface area contributed by atoms with Crippen LogP contribution in [0.1, 0.15) is 12.0 Å². The minimum atomic E-state index is 0.716. The molecule has 0 aliphatic heterocycles. The molecule has 1 aromatic rings. The zero-order chi connectivity index (χ0) is 8.97. The maximum absolute atomic E-state index is 5.63. The highest BCUT2D eigenvalue weighted by Crippen LogP contribution is 2.26. The summed E-state index contributed by atoms with van der Waals surface area (Å²) in [6.07, 6.45) is 2.04. The van der Waals surface area contributed by atoms with Crippen LogP contribution in [-0.2, 0) is 6.42 Å². The van der Waals surface area contributed by atoms with Crippen LogP contribution in [-0.4, -0.2) is 5.88 Å². The average Bonchev–Trinajstić information content (AvgIpc) is 2.04. The molecule has 1 rings (SSSR count). The largest absolute Gasteiger partial charge is 0.127 e. The van der Waals surface area contributed by atoms with Crippen LogP contribution in [0, 0.1) is 0 Å². The van der Waals surface area contributed by atoms with Crippen molar-refractivity contribution in [1.29, 1.82) is 0 Å². The summed E-state index contributed by atoms with van der Waals surface area (Å²) in [5.41, 5.74) is 1.30. The second-order valence-electron chi connectivity index (χ2n) is 2.49. The maximum atomic E-state index is 5.63. The van der Waals surface area contributed by atoms with Gasteiger partial charge in [-0.25, -0.2) is 0 Å². The Hall–Kier alpha value is 0.470. The summed E-state index contributed by atoms with van der Waals surface area (Å²) in [7, 11) is 0. The van der Waals surface area contributed by atoms with E-state index in [1.54, 1.807) is 0 Å². The lowest BCUT2D eigenvalue weighted by Gasteiger charge is -2.05. The van der Waals surface area contributed by atoms with E-state index < -0.39 is 0 Å². The zero-order valence-corrected chi connectivity index (χ0v) is 10.4. The van der Waals surface area contributed by atoms with Gasteiger partial charge < -0.3 is 0 Å².